The predicted octanol–water partition coefficient (Wildman–Crippen LogP) is 2.34. The van der Waals surface area contributed by atoms with Gasteiger partial charge >= 0.3 is 5.69 Å². The molecule has 2 rings (SSSR count). The van der Waals surface area contributed by atoms with Crippen LogP contribution in [0.4, 0.5) is 0 Å². The van der Waals surface area contributed by atoms with E-state index in [0.717, 1.165) is 12.0 Å². The number of aliphatic hydroxyl groups is 1. The van der Waals surface area contributed by atoms with E-state index in [2.05, 4.69) is 6.07 Å². The monoisotopic (exact) mass is 274 g/mol. The molecule has 0 aliphatic heterocycles. The number of nitrogens with zero attached hydrogens (tertiary/aromatic N) is 2. The van der Waals surface area contributed by atoms with Gasteiger partial charge in [-0.15, -0.1) is 0 Å². The van der Waals surface area contributed by atoms with Crippen molar-refractivity contribution in [3.63, 3.8) is 0 Å². The molecule has 0 saturated carbocycles. The second-order valence-corrected chi connectivity index (χ2v) is 5.32. The highest BCUT2D eigenvalue weighted by Gasteiger charge is 2.17. The number of imidazole rings is 1. The van der Waals surface area contributed by atoms with Gasteiger partial charge in [0.25, 0.3) is 0 Å². The number of hydrogen-bond donors (Lipinski definition) is 1. The van der Waals surface area contributed by atoms with E-state index in [4.69, 9.17) is 0 Å². The van der Waals surface area contributed by atoms with Crippen LogP contribution in [0.25, 0.3) is 0 Å². The fraction of sp³-hybridized carbons (Fsp3) is 0.438. The van der Waals surface area contributed by atoms with Gasteiger partial charge in [0.15, 0.2) is 0 Å². The minimum absolute atomic E-state index is 0.0701. The van der Waals surface area contributed by atoms with Crippen LogP contribution in [0, 0.1) is 6.92 Å². The zero-order valence-electron chi connectivity index (χ0n) is 12.3. The summed E-state index contributed by atoms with van der Waals surface area (Å²) in [7, 11) is 0. The van der Waals surface area contributed by atoms with Crippen molar-refractivity contribution in [2.75, 3.05) is 0 Å². The van der Waals surface area contributed by atoms with E-state index in [-0.39, 0.29) is 11.7 Å². The van der Waals surface area contributed by atoms with Crippen molar-refractivity contribution >= 4 is 0 Å². The number of hydrogen-bond acceptors (Lipinski definition) is 2. The first-order chi connectivity index (χ1) is 9.52. The summed E-state index contributed by atoms with van der Waals surface area (Å²) >= 11 is 0. The van der Waals surface area contributed by atoms with E-state index in [1.807, 2.05) is 32.0 Å². The Hall–Kier alpha value is -1.81. The maximum absolute atomic E-state index is 12.4. The van der Waals surface area contributed by atoms with Crippen LogP contribution in [0.5, 0.6) is 0 Å². The second kappa shape index (κ2) is 6.09. The van der Waals surface area contributed by atoms with Crippen LogP contribution in [0.1, 0.15) is 37.4 Å². The molecule has 1 aromatic heterocycles. The fourth-order valence-electron chi connectivity index (χ4n) is 2.58. The van der Waals surface area contributed by atoms with Crippen molar-refractivity contribution in [3.8, 4) is 0 Å². The summed E-state index contributed by atoms with van der Waals surface area (Å²) in [6.45, 7) is 6.29. The lowest BCUT2D eigenvalue weighted by Crippen LogP contribution is -2.32. The van der Waals surface area contributed by atoms with Crippen molar-refractivity contribution in [2.45, 2.75) is 45.9 Å². The van der Waals surface area contributed by atoms with Crippen LogP contribution >= 0.6 is 0 Å². The zero-order chi connectivity index (χ0) is 14.7. The molecule has 0 unspecified atom stereocenters. The van der Waals surface area contributed by atoms with Crippen molar-refractivity contribution in [3.05, 3.63) is 58.3 Å². The van der Waals surface area contributed by atoms with Gasteiger partial charge in [-0.25, -0.2) is 4.79 Å². The Morgan fingerprint density at radius 3 is 2.65 bits per heavy atom. The number of aryl methyl sites for hydroxylation is 1. The Morgan fingerprint density at radius 2 is 2.05 bits per heavy atom. The Balaban J connectivity index is 2.27. The standard InChI is InChI=1S/C16H22N2O2/c1-4-15(13(3)19)18-9-8-17(16(18)20)11-14-7-5-6-12(2)10-14/h5-10,13,15,19H,4,11H2,1-3H3/t13-,15+/m1/s1. The van der Waals surface area contributed by atoms with E-state index in [1.54, 1.807) is 28.5 Å². The smallest absolute Gasteiger partial charge is 0.328 e. The van der Waals surface area contributed by atoms with Crippen LogP contribution in [0.15, 0.2) is 41.5 Å². The molecule has 20 heavy (non-hydrogen) atoms. The second-order valence-electron chi connectivity index (χ2n) is 5.32. The summed E-state index contributed by atoms with van der Waals surface area (Å²) in [6, 6.07) is 7.97. The average molecular weight is 274 g/mol. The number of rotatable bonds is 5. The van der Waals surface area contributed by atoms with Crippen molar-refractivity contribution in [2.24, 2.45) is 0 Å². The summed E-state index contributed by atoms with van der Waals surface area (Å²) in [5.74, 6) is 0. The summed E-state index contributed by atoms with van der Waals surface area (Å²) in [5.41, 5.74) is 2.22. The first-order valence-electron chi connectivity index (χ1n) is 7.03. The van der Waals surface area contributed by atoms with Gasteiger partial charge in [-0.1, -0.05) is 36.8 Å². The quantitative estimate of drug-likeness (QED) is 0.909. The molecule has 0 bridgehead atoms. The number of aromatic nitrogens is 2. The molecule has 4 nitrogen and oxygen atoms in total. The van der Waals surface area contributed by atoms with E-state index in [0.29, 0.717) is 6.54 Å². The van der Waals surface area contributed by atoms with Gasteiger partial charge in [0, 0.05) is 12.4 Å². The van der Waals surface area contributed by atoms with Gasteiger partial charge < -0.3 is 5.11 Å². The van der Waals surface area contributed by atoms with Gasteiger partial charge in [0.2, 0.25) is 0 Å². The normalized spacial score (nSPS) is 14.2. The molecule has 0 radical (unpaired) electrons. The molecule has 0 aliphatic carbocycles. The molecule has 1 N–H and O–H groups in total. The van der Waals surface area contributed by atoms with Crippen LogP contribution < -0.4 is 5.69 Å². The average Bonchev–Trinajstić information content (AvgIpc) is 2.73. The fourth-order valence-corrected chi connectivity index (χ4v) is 2.58. The highest BCUT2D eigenvalue weighted by Crippen LogP contribution is 2.14. The maximum atomic E-state index is 12.4. The largest absolute Gasteiger partial charge is 0.391 e. The molecule has 2 aromatic rings. The Bertz CT molecular complexity index is 625. The van der Waals surface area contributed by atoms with Gasteiger partial charge in [-0.2, -0.15) is 0 Å². The van der Waals surface area contributed by atoms with E-state index >= 15 is 0 Å². The molecule has 108 valence electrons. The van der Waals surface area contributed by atoms with Gasteiger partial charge in [0.1, 0.15) is 0 Å². The summed E-state index contributed by atoms with van der Waals surface area (Å²) in [4.78, 5) is 12.4. The van der Waals surface area contributed by atoms with Crippen molar-refractivity contribution in [1.29, 1.82) is 0 Å². The first kappa shape index (κ1) is 14.6. The first-order valence-corrected chi connectivity index (χ1v) is 7.03. The van der Waals surface area contributed by atoms with Crippen LogP contribution in [-0.4, -0.2) is 20.3 Å². The molecule has 0 fully saturated rings. The molecule has 2 atom stereocenters. The van der Waals surface area contributed by atoms with Crippen LogP contribution in [0.3, 0.4) is 0 Å². The highest BCUT2D eigenvalue weighted by molar-refractivity contribution is 5.22. The molecular weight excluding hydrogens is 252 g/mol. The summed E-state index contributed by atoms with van der Waals surface area (Å²) < 4.78 is 3.31. The molecule has 1 aromatic carbocycles. The minimum Gasteiger partial charge on any atom is -0.391 e. The molecule has 0 spiro atoms. The van der Waals surface area contributed by atoms with Crippen molar-refractivity contribution < 1.29 is 5.11 Å². The maximum Gasteiger partial charge on any atom is 0.328 e. The molecule has 0 amide bonds. The molecular formula is C16H22N2O2. The minimum atomic E-state index is -0.535. The topological polar surface area (TPSA) is 47.2 Å². The lowest BCUT2D eigenvalue weighted by atomic mass is 10.1. The van der Waals surface area contributed by atoms with Crippen molar-refractivity contribution in [1.82, 2.24) is 9.13 Å². The Kier molecular flexibility index (Phi) is 4.45. The van der Waals surface area contributed by atoms with Gasteiger partial charge in [-0.3, -0.25) is 9.13 Å². The third kappa shape index (κ3) is 3.02. The zero-order valence-corrected chi connectivity index (χ0v) is 12.3. The summed E-state index contributed by atoms with van der Waals surface area (Å²) in [6.07, 6.45) is 3.74. The Morgan fingerprint density at radius 1 is 1.30 bits per heavy atom. The van der Waals surface area contributed by atoms with E-state index in [1.165, 1.54) is 5.56 Å². The lowest BCUT2D eigenvalue weighted by Gasteiger charge is -2.18. The Labute approximate surface area is 119 Å². The summed E-state index contributed by atoms with van der Waals surface area (Å²) in [5, 5.41) is 9.76. The van der Waals surface area contributed by atoms with Crippen LogP contribution in [0.2, 0.25) is 0 Å². The predicted molar refractivity (Wildman–Crippen MR) is 80.0 cm³/mol. The number of aliphatic hydroxyl groups excluding tert-OH is 1. The molecule has 0 aliphatic rings. The third-order valence-corrected chi connectivity index (χ3v) is 3.64. The van der Waals surface area contributed by atoms with Crippen LogP contribution in [-0.2, 0) is 6.54 Å². The van der Waals surface area contributed by atoms with E-state index in [9.17, 15) is 9.90 Å². The third-order valence-electron chi connectivity index (χ3n) is 3.64. The molecule has 1 heterocycles. The van der Waals surface area contributed by atoms with E-state index < -0.39 is 6.10 Å². The van der Waals surface area contributed by atoms with Gasteiger partial charge in [-0.05, 0) is 25.8 Å². The molecule has 0 saturated heterocycles. The SMILES string of the molecule is CC[C@@H]([C@@H](C)O)n1ccn(Cc2cccc(C)c2)c1=O. The number of benzene rings is 1. The lowest BCUT2D eigenvalue weighted by molar-refractivity contribution is 0.125. The van der Waals surface area contributed by atoms with Gasteiger partial charge in [0.05, 0.1) is 18.7 Å². The highest BCUT2D eigenvalue weighted by atomic mass is 16.3. The molecule has 4 heteroatoms.